The Labute approximate surface area is 138 Å². The second-order valence-electron chi connectivity index (χ2n) is 4.87. The van der Waals surface area contributed by atoms with E-state index in [1.807, 2.05) is 0 Å². The van der Waals surface area contributed by atoms with Crippen LogP contribution in [0, 0.1) is 0 Å². The second kappa shape index (κ2) is 7.97. The van der Waals surface area contributed by atoms with E-state index in [1.54, 1.807) is 36.6 Å². The number of carbonyl (C=O) groups is 1. The van der Waals surface area contributed by atoms with E-state index >= 15 is 0 Å². The maximum absolute atomic E-state index is 12.9. The van der Waals surface area contributed by atoms with E-state index in [2.05, 4.69) is 5.32 Å². The minimum absolute atomic E-state index is 0.216. The summed E-state index contributed by atoms with van der Waals surface area (Å²) < 4.78 is 30.9. The van der Waals surface area contributed by atoms with E-state index in [0.717, 1.165) is 0 Å². The van der Waals surface area contributed by atoms with Gasteiger partial charge in [-0.25, -0.2) is 8.78 Å². The molecule has 4 nitrogen and oxygen atoms in total. The third-order valence-electron chi connectivity index (χ3n) is 3.42. The summed E-state index contributed by atoms with van der Waals surface area (Å²) in [7, 11) is 1.46. The molecule has 0 fully saturated rings. The van der Waals surface area contributed by atoms with Crippen molar-refractivity contribution >= 4 is 17.5 Å². The average molecular weight is 343 g/mol. The van der Waals surface area contributed by atoms with Gasteiger partial charge in [-0.05, 0) is 24.4 Å². The van der Waals surface area contributed by atoms with Crippen molar-refractivity contribution in [1.82, 2.24) is 10.2 Å². The fourth-order valence-corrected chi connectivity index (χ4v) is 2.53. The Morgan fingerprint density at radius 3 is 2.91 bits per heavy atom. The Balaban J connectivity index is 1.92. The van der Waals surface area contributed by atoms with Crippen molar-refractivity contribution in [1.29, 1.82) is 0 Å². The number of allylic oxidation sites excluding steroid dienone is 2. The maximum Gasteiger partial charge on any atom is 0.262 e. The van der Waals surface area contributed by atoms with Crippen LogP contribution in [0.2, 0.25) is 5.02 Å². The maximum atomic E-state index is 12.9. The fraction of sp³-hybridized carbons (Fsp3) is 0.312. The van der Waals surface area contributed by atoms with E-state index in [0.29, 0.717) is 5.75 Å². The van der Waals surface area contributed by atoms with Crippen LogP contribution in [0.5, 0.6) is 5.75 Å². The van der Waals surface area contributed by atoms with E-state index in [1.165, 1.54) is 18.1 Å². The first-order chi connectivity index (χ1) is 11.0. The predicted octanol–water partition coefficient (Wildman–Crippen LogP) is 3.10. The first kappa shape index (κ1) is 17.3. The number of methoxy groups -OCH3 is 1. The normalized spacial score (nSPS) is 16.7. The first-order valence-corrected chi connectivity index (χ1v) is 7.42. The minimum Gasteiger partial charge on any atom is -0.495 e. The number of amides is 1. The molecule has 1 aromatic rings. The zero-order valence-electron chi connectivity index (χ0n) is 12.5. The van der Waals surface area contributed by atoms with Crippen LogP contribution in [0.15, 0.2) is 42.6 Å². The van der Waals surface area contributed by atoms with Gasteiger partial charge in [0.05, 0.1) is 17.7 Å². The molecule has 0 radical (unpaired) electrons. The Hall–Kier alpha value is -2.08. The largest absolute Gasteiger partial charge is 0.495 e. The van der Waals surface area contributed by atoms with Crippen LogP contribution in [0.4, 0.5) is 8.78 Å². The summed E-state index contributed by atoms with van der Waals surface area (Å²) in [4.78, 5) is 13.6. The standard InChI is InChI=1S/C16H17ClF2N2O2/c1-23-13-7-4-5-11(14(13)17)16(22)20-8-10-21-9-3-2-6-12(21)15(18)19/h2-7,9,12,15H,8,10H2,1H3,(H,20,22). The predicted molar refractivity (Wildman–Crippen MR) is 85.1 cm³/mol. The summed E-state index contributed by atoms with van der Waals surface area (Å²) in [5.41, 5.74) is 0.283. The third-order valence-corrected chi connectivity index (χ3v) is 3.81. The molecule has 1 heterocycles. The van der Waals surface area contributed by atoms with Gasteiger partial charge in [0.25, 0.3) is 12.3 Å². The number of benzene rings is 1. The topological polar surface area (TPSA) is 41.6 Å². The van der Waals surface area contributed by atoms with Gasteiger partial charge < -0.3 is 15.0 Å². The van der Waals surface area contributed by atoms with Gasteiger partial charge in [0.15, 0.2) is 0 Å². The van der Waals surface area contributed by atoms with Crippen molar-refractivity contribution in [2.24, 2.45) is 0 Å². The molecule has 1 atom stereocenters. The van der Waals surface area contributed by atoms with Gasteiger partial charge in [0, 0.05) is 13.1 Å². The van der Waals surface area contributed by atoms with Crippen LogP contribution in [-0.2, 0) is 0 Å². The number of hydrogen-bond acceptors (Lipinski definition) is 3. The van der Waals surface area contributed by atoms with Gasteiger partial charge in [-0.15, -0.1) is 0 Å². The van der Waals surface area contributed by atoms with Crippen LogP contribution in [-0.4, -0.2) is 43.5 Å². The summed E-state index contributed by atoms with van der Waals surface area (Å²) in [5, 5.41) is 2.90. The highest BCUT2D eigenvalue weighted by atomic mass is 35.5. The molecule has 1 N–H and O–H groups in total. The lowest BCUT2D eigenvalue weighted by molar-refractivity contribution is 0.0700. The Bertz CT molecular complexity index is 620. The molecule has 0 saturated carbocycles. The van der Waals surface area contributed by atoms with Gasteiger partial charge in [0.2, 0.25) is 0 Å². The van der Waals surface area contributed by atoms with E-state index in [4.69, 9.17) is 16.3 Å². The van der Waals surface area contributed by atoms with E-state index < -0.39 is 12.5 Å². The highest BCUT2D eigenvalue weighted by molar-refractivity contribution is 6.35. The van der Waals surface area contributed by atoms with Crippen LogP contribution in [0.25, 0.3) is 0 Å². The molecule has 1 aliphatic rings. The van der Waals surface area contributed by atoms with Crippen molar-refractivity contribution in [3.8, 4) is 5.75 Å². The van der Waals surface area contributed by atoms with Gasteiger partial charge in [0.1, 0.15) is 11.8 Å². The SMILES string of the molecule is COc1cccc(C(=O)NCCN2C=CC=CC2C(F)F)c1Cl. The van der Waals surface area contributed by atoms with E-state index in [9.17, 15) is 13.6 Å². The van der Waals surface area contributed by atoms with Crippen molar-refractivity contribution in [2.45, 2.75) is 12.5 Å². The van der Waals surface area contributed by atoms with Crippen molar-refractivity contribution in [3.05, 3.63) is 53.2 Å². The Morgan fingerprint density at radius 2 is 2.22 bits per heavy atom. The van der Waals surface area contributed by atoms with Gasteiger partial charge >= 0.3 is 0 Å². The molecule has 124 valence electrons. The lowest BCUT2D eigenvalue weighted by Gasteiger charge is -2.29. The molecule has 0 aromatic heterocycles. The second-order valence-corrected chi connectivity index (χ2v) is 5.24. The molecule has 1 aromatic carbocycles. The number of hydrogen-bond donors (Lipinski definition) is 1. The number of alkyl halides is 2. The summed E-state index contributed by atoms with van der Waals surface area (Å²) in [6.45, 7) is 0.483. The monoisotopic (exact) mass is 342 g/mol. The molecule has 1 unspecified atom stereocenters. The first-order valence-electron chi connectivity index (χ1n) is 7.04. The molecule has 2 rings (SSSR count). The van der Waals surface area contributed by atoms with Crippen molar-refractivity contribution in [3.63, 3.8) is 0 Å². The molecule has 0 saturated heterocycles. The molecule has 1 aliphatic heterocycles. The van der Waals surface area contributed by atoms with Crippen LogP contribution in [0.1, 0.15) is 10.4 Å². The third kappa shape index (κ3) is 4.22. The number of nitrogens with one attached hydrogen (secondary N) is 1. The Morgan fingerprint density at radius 1 is 1.43 bits per heavy atom. The van der Waals surface area contributed by atoms with Crippen LogP contribution in [0.3, 0.4) is 0 Å². The summed E-state index contributed by atoms with van der Waals surface area (Å²) >= 11 is 6.08. The lowest BCUT2D eigenvalue weighted by atomic mass is 10.2. The van der Waals surface area contributed by atoms with Crippen LogP contribution >= 0.6 is 11.6 Å². The fourth-order valence-electron chi connectivity index (χ4n) is 2.24. The number of ether oxygens (including phenoxy) is 1. The smallest absolute Gasteiger partial charge is 0.262 e. The molecule has 0 bridgehead atoms. The van der Waals surface area contributed by atoms with Crippen LogP contribution < -0.4 is 10.1 Å². The summed E-state index contributed by atoms with van der Waals surface area (Å²) in [6.07, 6.45) is 3.80. The molecule has 23 heavy (non-hydrogen) atoms. The summed E-state index contributed by atoms with van der Waals surface area (Å²) in [6, 6.07) is 3.91. The average Bonchev–Trinajstić information content (AvgIpc) is 2.55. The van der Waals surface area contributed by atoms with Gasteiger partial charge in [-0.2, -0.15) is 0 Å². The highest BCUT2D eigenvalue weighted by Gasteiger charge is 2.24. The molecule has 0 aliphatic carbocycles. The molecular weight excluding hydrogens is 326 g/mol. The lowest BCUT2D eigenvalue weighted by Crippen LogP contribution is -2.41. The number of rotatable bonds is 6. The van der Waals surface area contributed by atoms with Crippen molar-refractivity contribution < 1.29 is 18.3 Å². The zero-order chi connectivity index (χ0) is 16.8. The highest BCUT2D eigenvalue weighted by Crippen LogP contribution is 2.27. The quantitative estimate of drug-likeness (QED) is 0.863. The minimum atomic E-state index is -2.49. The number of halogens is 3. The molecule has 7 heteroatoms. The number of carbonyl (C=O) groups excluding carboxylic acids is 1. The van der Waals surface area contributed by atoms with Crippen molar-refractivity contribution in [2.75, 3.05) is 20.2 Å². The van der Waals surface area contributed by atoms with Gasteiger partial charge in [-0.1, -0.05) is 29.8 Å². The molecular formula is C16H17ClF2N2O2. The molecule has 0 spiro atoms. The Kier molecular flexibility index (Phi) is 5.98. The summed E-state index contributed by atoms with van der Waals surface area (Å²) in [5.74, 6) is 0.0280. The zero-order valence-corrected chi connectivity index (χ0v) is 13.3. The molecule has 1 amide bonds. The van der Waals surface area contributed by atoms with E-state index in [-0.39, 0.29) is 29.6 Å². The van der Waals surface area contributed by atoms with Gasteiger partial charge in [-0.3, -0.25) is 4.79 Å². The number of nitrogens with zero attached hydrogens (tertiary/aromatic N) is 1.